The fourth-order valence-electron chi connectivity index (χ4n) is 5.59. The molecular weight excluding hydrogens is 503 g/mol. The molecule has 0 radical (unpaired) electrons. The monoisotopic (exact) mass is 542 g/mol. The summed E-state index contributed by atoms with van der Waals surface area (Å²) in [4.78, 5) is 27.4. The molecule has 2 aromatic rings. The quantitative estimate of drug-likeness (QED) is 0.433. The molecule has 2 fully saturated rings. The van der Waals surface area contributed by atoms with Gasteiger partial charge in [0.05, 0.1) is 44.4 Å². The summed E-state index contributed by atoms with van der Waals surface area (Å²) in [7, 11) is 0. The Bertz CT molecular complexity index is 1200. The minimum atomic E-state index is -1.04. The minimum absolute atomic E-state index is 0.0786. The molecule has 1 amide bonds. The van der Waals surface area contributed by atoms with E-state index in [1.165, 1.54) is 0 Å². The maximum absolute atomic E-state index is 15.5. The van der Waals surface area contributed by atoms with Gasteiger partial charge in [-0.1, -0.05) is 0 Å². The molecule has 3 atom stereocenters. The number of halogens is 1. The first-order valence-electron chi connectivity index (χ1n) is 13.5. The Balaban J connectivity index is 1.72. The van der Waals surface area contributed by atoms with Gasteiger partial charge in [0.25, 0.3) is 0 Å². The number of benzene rings is 2. The summed E-state index contributed by atoms with van der Waals surface area (Å²) >= 11 is 0. The Morgan fingerprint density at radius 2 is 1.79 bits per heavy atom. The number of aryl methyl sites for hydroxylation is 2. The Hall–Kier alpha value is -3.33. The third kappa shape index (κ3) is 6.46. The van der Waals surface area contributed by atoms with Crippen molar-refractivity contribution < 1.29 is 33.3 Å². The van der Waals surface area contributed by atoms with E-state index in [1.54, 1.807) is 52.8 Å². The second-order valence-corrected chi connectivity index (χ2v) is 11.4. The highest BCUT2D eigenvalue weighted by molar-refractivity contribution is 5.79. The van der Waals surface area contributed by atoms with Crippen LogP contribution >= 0.6 is 0 Å². The maximum atomic E-state index is 15.5. The van der Waals surface area contributed by atoms with Crippen molar-refractivity contribution in [2.24, 2.45) is 0 Å². The molecule has 2 aliphatic rings. The maximum Gasteiger partial charge on any atom is 0.408 e. The third-order valence-electron chi connectivity index (χ3n) is 7.15. The smallest absolute Gasteiger partial charge is 0.408 e. The topological polar surface area (TPSA) is 97.3 Å². The average Bonchev–Trinajstić information content (AvgIpc) is 3.07. The highest BCUT2D eigenvalue weighted by atomic mass is 19.1. The molecule has 2 saturated heterocycles. The van der Waals surface area contributed by atoms with Crippen LogP contribution in [0.1, 0.15) is 69.7 Å². The molecule has 0 saturated carbocycles. The lowest BCUT2D eigenvalue weighted by Crippen LogP contribution is -2.45. The number of phenols is 1. The number of nitrogens with one attached hydrogen (secondary N) is 1. The normalized spacial score (nSPS) is 19.5. The number of nitrogens with zero attached hydrogens (tertiary/aromatic N) is 1. The van der Waals surface area contributed by atoms with E-state index < -0.39 is 29.5 Å². The van der Waals surface area contributed by atoms with Gasteiger partial charge in [-0.15, -0.1) is 0 Å². The first kappa shape index (κ1) is 28.7. The number of fused-ring (bicyclic) bond motifs is 2. The zero-order valence-corrected chi connectivity index (χ0v) is 23.6. The number of aromatic hydroxyl groups is 1. The SMILES string of the molecule is CCOC(=O)C[C@H](NC(=O)OC(C)(C)C)c1cc(-c2c(C)cc(N3C4CCC3COC4)cc2O)cc(C)c1F. The summed E-state index contributed by atoms with van der Waals surface area (Å²) < 4.78 is 31.7. The molecule has 2 unspecified atom stereocenters. The van der Waals surface area contributed by atoms with Crippen LogP contribution in [0.4, 0.5) is 14.9 Å². The van der Waals surface area contributed by atoms with Crippen LogP contribution in [0.5, 0.6) is 5.75 Å². The van der Waals surface area contributed by atoms with Gasteiger partial charge in [0.15, 0.2) is 0 Å². The van der Waals surface area contributed by atoms with Crippen LogP contribution in [0.2, 0.25) is 0 Å². The van der Waals surface area contributed by atoms with Crippen molar-refractivity contribution in [3.05, 3.63) is 46.8 Å². The second kappa shape index (κ2) is 11.4. The van der Waals surface area contributed by atoms with Crippen molar-refractivity contribution in [3.63, 3.8) is 0 Å². The summed E-state index contributed by atoms with van der Waals surface area (Å²) in [6.07, 6.45) is 1.05. The fourth-order valence-corrected chi connectivity index (χ4v) is 5.59. The number of morpholine rings is 1. The molecule has 9 heteroatoms. The van der Waals surface area contributed by atoms with Crippen molar-refractivity contribution in [3.8, 4) is 16.9 Å². The first-order chi connectivity index (χ1) is 18.4. The van der Waals surface area contributed by atoms with Crippen LogP contribution in [0.25, 0.3) is 11.1 Å². The third-order valence-corrected chi connectivity index (χ3v) is 7.15. The van der Waals surface area contributed by atoms with E-state index in [9.17, 15) is 14.7 Å². The molecule has 2 heterocycles. The number of hydrogen-bond donors (Lipinski definition) is 2. The van der Waals surface area contributed by atoms with Gasteiger partial charge in [-0.2, -0.15) is 0 Å². The van der Waals surface area contributed by atoms with Crippen LogP contribution in [-0.2, 0) is 19.0 Å². The van der Waals surface area contributed by atoms with Gasteiger partial charge in [-0.25, -0.2) is 9.18 Å². The zero-order chi connectivity index (χ0) is 28.5. The molecule has 0 aliphatic carbocycles. The van der Waals surface area contributed by atoms with Crippen molar-refractivity contribution in [2.45, 2.75) is 84.5 Å². The molecule has 0 aromatic heterocycles. The van der Waals surface area contributed by atoms with Crippen LogP contribution < -0.4 is 10.2 Å². The van der Waals surface area contributed by atoms with Gasteiger partial charge in [-0.3, -0.25) is 4.79 Å². The number of hydrogen-bond acceptors (Lipinski definition) is 7. The Labute approximate surface area is 229 Å². The van der Waals surface area contributed by atoms with E-state index in [4.69, 9.17) is 14.2 Å². The highest BCUT2D eigenvalue weighted by Gasteiger charge is 2.38. The summed E-state index contributed by atoms with van der Waals surface area (Å²) in [6.45, 7) is 11.9. The van der Waals surface area contributed by atoms with E-state index in [0.29, 0.717) is 29.9 Å². The molecule has 4 rings (SSSR count). The predicted molar refractivity (Wildman–Crippen MR) is 146 cm³/mol. The number of phenolic OH excluding ortho intramolecular Hbond substituents is 1. The summed E-state index contributed by atoms with van der Waals surface area (Å²) in [5.41, 5.74) is 2.56. The molecule has 212 valence electrons. The number of carbonyl (C=O) groups is 2. The summed E-state index contributed by atoms with van der Waals surface area (Å²) in [6, 6.07) is 6.57. The number of carbonyl (C=O) groups excluding carboxylic acids is 2. The zero-order valence-electron chi connectivity index (χ0n) is 23.6. The van der Waals surface area contributed by atoms with E-state index in [1.807, 2.05) is 13.0 Å². The predicted octanol–water partition coefficient (Wildman–Crippen LogP) is 5.70. The van der Waals surface area contributed by atoms with E-state index >= 15 is 4.39 Å². The molecule has 2 aliphatic heterocycles. The lowest BCUT2D eigenvalue weighted by Gasteiger charge is -2.37. The van der Waals surface area contributed by atoms with Crippen LogP contribution in [0.3, 0.4) is 0 Å². The van der Waals surface area contributed by atoms with Crippen LogP contribution in [-0.4, -0.2) is 54.7 Å². The summed E-state index contributed by atoms with van der Waals surface area (Å²) in [5.74, 6) is -1.05. The number of alkyl carbamates (subject to hydrolysis) is 1. The number of esters is 1. The standard InChI is InChI=1S/C30H39FN2O6/c1-7-38-26(35)14-24(32-29(36)39-30(4,5)6)23-12-19(10-18(3)28(23)31)27-17(2)11-22(13-25(27)34)33-20-8-9-21(33)16-37-15-20/h10-13,20-21,24,34H,7-9,14-16H2,1-6H3,(H,32,36)/t20?,21?,24-/m0/s1. The number of anilines is 1. The highest BCUT2D eigenvalue weighted by Crippen LogP contribution is 2.42. The van der Waals surface area contributed by atoms with Crippen molar-refractivity contribution in [1.82, 2.24) is 5.32 Å². The van der Waals surface area contributed by atoms with Gasteiger partial charge >= 0.3 is 12.1 Å². The Morgan fingerprint density at radius 1 is 1.13 bits per heavy atom. The van der Waals surface area contributed by atoms with Crippen molar-refractivity contribution >= 4 is 17.7 Å². The molecule has 0 spiro atoms. The van der Waals surface area contributed by atoms with Gasteiger partial charge in [0.2, 0.25) is 0 Å². The lowest BCUT2D eigenvalue weighted by molar-refractivity contribution is -0.143. The average molecular weight is 543 g/mol. The lowest BCUT2D eigenvalue weighted by atomic mass is 9.92. The van der Waals surface area contributed by atoms with Crippen molar-refractivity contribution in [1.29, 1.82) is 0 Å². The van der Waals surface area contributed by atoms with E-state index in [-0.39, 0.29) is 36.4 Å². The molecule has 2 bridgehead atoms. The molecular formula is C30H39FN2O6. The van der Waals surface area contributed by atoms with Gasteiger partial charge in [0, 0.05) is 22.9 Å². The van der Waals surface area contributed by atoms with Crippen molar-refractivity contribution in [2.75, 3.05) is 24.7 Å². The number of rotatable bonds is 7. The van der Waals surface area contributed by atoms with Crippen LogP contribution in [0, 0.1) is 19.7 Å². The van der Waals surface area contributed by atoms with E-state index in [0.717, 1.165) is 24.1 Å². The fraction of sp³-hybridized carbons (Fsp3) is 0.533. The van der Waals surface area contributed by atoms with Gasteiger partial charge < -0.3 is 29.5 Å². The van der Waals surface area contributed by atoms with Crippen LogP contribution in [0.15, 0.2) is 24.3 Å². The molecule has 2 N–H and O–H groups in total. The number of amides is 1. The molecule has 39 heavy (non-hydrogen) atoms. The van der Waals surface area contributed by atoms with Gasteiger partial charge in [-0.05, 0) is 89.3 Å². The second-order valence-electron chi connectivity index (χ2n) is 11.4. The first-order valence-corrected chi connectivity index (χ1v) is 13.5. The Kier molecular flexibility index (Phi) is 8.39. The molecule has 2 aromatic carbocycles. The largest absolute Gasteiger partial charge is 0.507 e. The summed E-state index contributed by atoms with van der Waals surface area (Å²) in [5, 5.41) is 13.9. The van der Waals surface area contributed by atoms with Gasteiger partial charge in [0.1, 0.15) is 17.2 Å². The number of ether oxygens (including phenoxy) is 3. The van der Waals surface area contributed by atoms with E-state index in [2.05, 4.69) is 10.2 Å². The molecule has 8 nitrogen and oxygen atoms in total. The minimum Gasteiger partial charge on any atom is -0.507 e. The Morgan fingerprint density at radius 3 is 2.38 bits per heavy atom.